The summed E-state index contributed by atoms with van der Waals surface area (Å²) in [6, 6.07) is 16.0. The second kappa shape index (κ2) is 9.05. The number of carbonyl (C=O) groups excluding carboxylic acids is 1. The van der Waals surface area contributed by atoms with Gasteiger partial charge < -0.3 is 9.84 Å². The molecule has 0 aliphatic carbocycles. The zero-order valence-electron chi connectivity index (χ0n) is 19.5. The van der Waals surface area contributed by atoms with Crippen molar-refractivity contribution in [3.63, 3.8) is 0 Å². The van der Waals surface area contributed by atoms with Gasteiger partial charge in [0.15, 0.2) is 5.82 Å². The molecule has 0 radical (unpaired) electrons. The van der Waals surface area contributed by atoms with Crippen LogP contribution in [-0.4, -0.2) is 68.7 Å². The van der Waals surface area contributed by atoms with Crippen LogP contribution in [0.3, 0.4) is 0 Å². The Bertz CT molecular complexity index is 1500. The van der Waals surface area contributed by atoms with Crippen LogP contribution in [0.25, 0.3) is 33.2 Å². The average Bonchev–Trinajstić information content (AvgIpc) is 3.50. The molecule has 8 heteroatoms. The number of nitrogens with one attached hydrogen (secondary N) is 2. The molecule has 0 amide bonds. The number of aromatic nitrogens is 5. The number of nitrogens with zero attached hydrogens (tertiary/aromatic N) is 4. The number of benzene rings is 2. The maximum atomic E-state index is 13.8. The Morgan fingerprint density at radius 1 is 1.03 bits per heavy atom. The molecule has 1 aliphatic heterocycles. The molecule has 0 spiro atoms. The minimum atomic E-state index is -0.338. The quantitative estimate of drug-likeness (QED) is 0.366. The molecule has 176 valence electrons. The number of ether oxygens (including phenoxy) is 1. The summed E-state index contributed by atoms with van der Waals surface area (Å²) < 4.78 is 5.50. The van der Waals surface area contributed by atoms with E-state index in [1.165, 1.54) is 0 Å². The Hall–Kier alpha value is -3.88. The number of imidazole rings is 1. The zero-order valence-corrected chi connectivity index (χ0v) is 19.5. The lowest BCUT2D eigenvalue weighted by Gasteiger charge is -2.29. The number of hydrogen-bond donors (Lipinski definition) is 2. The van der Waals surface area contributed by atoms with E-state index in [1.54, 1.807) is 12.4 Å². The number of fused-ring (bicyclic) bond motifs is 2. The Morgan fingerprint density at radius 3 is 2.57 bits per heavy atom. The summed E-state index contributed by atoms with van der Waals surface area (Å²) in [5.74, 6) is -0.125. The second-order valence-electron chi connectivity index (χ2n) is 9.04. The Balaban J connectivity index is 1.38. The zero-order chi connectivity index (χ0) is 23.8. The third kappa shape index (κ3) is 4.22. The molecule has 0 saturated carbocycles. The van der Waals surface area contributed by atoms with Gasteiger partial charge in [0.2, 0.25) is 5.78 Å². The molecule has 0 bridgehead atoms. The Morgan fingerprint density at radius 2 is 1.80 bits per heavy atom. The molecular weight excluding hydrogens is 440 g/mol. The van der Waals surface area contributed by atoms with E-state index in [4.69, 9.17) is 9.72 Å². The smallest absolute Gasteiger partial charge is 0.208 e. The van der Waals surface area contributed by atoms with Crippen molar-refractivity contribution in [3.05, 3.63) is 77.9 Å². The van der Waals surface area contributed by atoms with Gasteiger partial charge in [-0.2, -0.15) is 0 Å². The van der Waals surface area contributed by atoms with Gasteiger partial charge in [0.25, 0.3) is 0 Å². The molecule has 4 heterocycles. The molecule has 3 aromatic heterocycles. The molecule has 8 nitrogen and oxygen atoms in total. The van der Waals surface area contributed by atoms with Crippen molar-refractivity contribution in [1.29, 1.82) is 0 Å². The third-order valence-electron chi connectivity index (χ3n) is 6.65. The van der Waals surface area contributed by atoms with Crippen molar-refractivity contribution in [2.75, 3.05) is 32.8 Å². The lowest BCUT2D eigenvalue weighted by atomic mass is 9.92. The normalized spacial score (nSPS) is 15.6. The van der Waals surface area contributed by atoms with E-state index in [2.05, 4.69) is 31.1 Å². The number of H-pyrrole nitrogens is 2. The molecule has 1 aliphatic rings. The van der Waals surface area contributed by atoms with Crippen LogP contribution in [-0.2, 0) is 4.74 Å². The molecule has 1 atom stereocenters. The minimum Gasteiger partial charge on any atom is -0.379 e. The van der Waals surface area contributed by atoms with Crippen molar-refractivity contribution in [1.82, 2.24) is 30.0 Å². The first kappa shape index (κ1) is 21.6. The van der Waals surface area contributed by atoms with Crippen molar-refractivity contribution in [2.45, 2.75) is 12.8 Å². The van der Waals surface area contributed by atoms with Crippen LogP contribution in [0.5, 0.6) is 0 Å². The largest absolute Gasteiger partial charge is 0.379 e. The summed E-state index contributed by atoms with van der Waals surface area (Å²) in [7, 11) is 0. The van der Waals surface area contributed by atoms with Crippen molar-refractivity contribution >= 4 is 27.7 Å². The van der Waals surface area contributed by atoms with Gasteiger partial charge in [-0.1, -0.05) is 29.8 Å². The molecule has 2 aromatic carbocycles. The standard InChI is InChI=1S/C27H26N6O2/c1-17-3-2-4-19(13-17)21(16-33-9-11-35-12-10-33)26(34)27-29-23-14-20-22(15-24(23)30-27)31-32-25(20)18-5-7-28-8-6-18/h2-8,13-15,21,31-32H,9-12,16H2,1H3. The molecule has 2 N–H and O–H groups in total. The number of morpholine rings is 1. The maximum absolute atomic E-state index is 13.8. The van der Waals surface area contributed by atoms with E-state index < -0.39 is 0 Å². The summed E-state index contributed by atoms with van der Waals surface area (Å²) in [4.78, 5) is 29.6. The average molecular weight is 467 g/mol. The van der Waals surface area contributed by atoms with Crippen LogP contribution in [0.2, 0.25) is 0 Å². The lowest BCUT2D eigenvalue weighted by molar-refractivity contribution is 0.0344. The highest BCUT2D eigenvalue weighted by Crippen LogP contribution is 2.30. The highest BCUT2D eigenvalue weighted by atomic mass is 16.5. The number of aryl methyl sites for hydroxylation is 1. The van der Waals surface area contributed by atoms with Crippen LogP contribution in [0.1, 0.15) is 27.7 Å². The number of ketones is 1. The van der Waals surface area contributed by atoms with Gasteiger partial charge in [0.1, 0.15) is 0 Å². The van der Waals surface area contributed by atoms with Crippen molar-refractivity contribution < 1.29 is 9.53 Å². The van der Waals surface area contributed by atoms with Crippen LogP contribution in [0.15, 0.2) is 60.9 Å². The number of carbonyl (C=O) groups is 1. The van der Waals surface area contributed by atoms with Crippen LogP contribution >= 0.6 is 0 Å². The number of rotatable bonds is 6. The molecule has 1 fully saturated rings. The monoisotopic (exact) mass is 466 g/mol. The second-order valence-corrected chi connectivity index (χ2v) is 9.04. The molecule has 1 unspecified atom stereocenters. The number of pyridine rings is 1. The topological polar surface area (TPSA) is 99.8 Å². The fraction of sp³-hybridized carbons (Fsp3) is 0.259. The van der Waals surface area contributed by atoms with E-state index in [0.29, 0.717) is 30.8 Å². The Kier molecular flexibility index (Phi) is 5.60. The van der Waals surface area contributed by atoms with Crippen LogP contribution in [0.4, 0.5) is 0 Å². The van der Waals surface area contributed by atoms with E-state index in [-0.39, 0.29) is 17.5 Å². The lowest BCUT2D eigenvalue weighted by Crippen LogP contribution is -2.40. The first-order chi connectivity index (χ1) is 17.2. The van der Waals surface area contributed by atoms with Gasteiger partial charge >= 0.3 is 0 Å². The van der Waals surface area contributed by atoms with Gasteiger partial charge in [0.05, 0.1) is 41.4 Å². The van der Waals surface area contributed by atoms with E-state index in [1.807, 2.05) is 49.4 Å². The van der Waals surface area contributed by atoms with Crippen LogP contribution < -0.4 is 0 Å². The van der Waals surface area contributed by atoms with Gasteiger partial charge in [0, 0.05) is 43.0 Å². The van der Waals surface area contributed by atoms with E-state index >= 15 is 0 Å². The highest BCUT2D eigenvalue weighted by Gasteiger charge is 2.28. The molecule has 35 heavy (non-hydrogen) atoms. The van der Waals surface area contributed by atoms with Gasteiger partial charge in [-0.05, 0) is 36.8 Å². The molecular formula is C27H26N6O2. The molecule has 1 saturated heterocycles. The first-order valence-corrected chi connectivity index (χ1v) is 11.8. The summed E-state index contributed by atoms with van der Waals surface area (Å²) in [5, 5.41) is 7.43. The summed E-state index contributed by atoms with van der Waals surface area (Å²) >= 11 is 0. The van der Waals surface area contributed by atoms with E-state index in [9.17, 15) is 4.79 Å². The van der Waals surface area contributed by atoms with E-state index in [0.717, 1.165) is 46.4 Å². The summed E-state index contributed by atoms with van der Waals surface area (Å²) in [6.07, 6.45) is 3.53. The summed E-state index contributed by atoms with van der Waals surface area (Å²) in [5.41, 5.74) is 6.41. The van der Waals surface area contributed by atoms with Gasteiger partial charge in [-0.3, -0.25) is 19.8 Å². The van der Waals surface area contributed by atoms with Crippen molar-refractivity contribution in [3.8, 4) is 11.3 Å². The maximum Gasteiger partial charge on any atom is 0.208 e. The van der Waals surface area contributed by atoms with Crippen molar-refractivity contribution in [2.24, 2.45) is 0 Å². The molecule has 5 aromatic rings. The van der Waals surface area contributed by atoms with Crippen LogP contribution in [0, 0.1) is 6.92 Å². The fourth-order valence-corrected chi connectivity index (χ4v) is 4.80. The molecule has 6 rings (SSSR count). The highest BCUT2D eigenvalue weighted by molar-refractivity contribution is 6.04. The third-order valence-corrected chi connectivity index (χ3v) is 6.65. The van der Waals surface area contributed by atoms with Gasteiger partial charge in [-0.25, -0.2) is 9.97 Å². The predicted octanol–water partition coefficient (Wildman–Crippen LogP) is 4.11. The summed E-state index contributed by atoms with van der Waals surface area (Å²) in [6.45, 7) is 5.69. The first-order valence-electron chi connectivity index (χ1n) is 11.8. The minimum absolute atomic E-state index is 0.0529. The van der Waals surface area contributed by atoms with Gasteiger partial charge in [-0.15, -0.1) is 0 Å². The Labute approximate surface area is 202 Å². The number of aromatic amines is 2. The SMILES string of the molecule is Cc1cccc(C(CN2CCOCC2)C(=O)c2nc3cc4[nH][nH]c(-c5ccncc5)c4cc3n2)c1. The number of Topliss-reactive ketones (excluding diaryl/α,β-unsaturated/α-hetero) is 1. The fourth-order valence-electron chi connectivity index (χ4n) is 4.80. The predicted molar refractivity (Wildman–Crippen MR) is 134 cm³/mol. The number of hydrogen-bond acceptors (Lipinski definition) is 6.